The number of benzene rings is 1. The second-order valence-corrected chi connectivity index (χ2v) is 4.40. The molecule has 0 saturated heterocycles. The Balaban J connectivity index is 2.28. The van der Waals surface area contributed by atoms with Crippen molar-refractivity contribution in [2.45, 2.75) is 6.92 Å². The number of halogens is 2. The van der Waals surface area contributed by atoms with E-state index in [0.29, 0.717) is 17.1 Å². The predicted molar refractivity (Wildman–Crippen MR) is 72.7 cm³/mol. The van der Waals surface area contributed by atoms with Gasteiger partial charge in [-0.3, -0.25) is 4.79 Å². The monoisotopic (exact) mass is 279 g/mol. The molecule has 0 bridgehead atoms. The van der Waals surface area contributed by atoms with Gasteiger partial charge in [-0.25, -0.2) is 9.37 Å². The van der Waals surface area contributed by atoms with Gasteiger partial charge in [0, 0.05) is 0 Å². The maximum absolute atomic E-state index is 13.7. The van der Waals surface area contributed by atoms with Gasteiger partial charge in [0.1, 0.15) is 5.82 Å². The first-order valence-corrected chi connectivity index (χ1v) is 5.84. The van der Waals surface area contributed by atoms with Crippen LogP contribution in [0.5, 0.6) is 0 Å². The maximum atomic E-state index is 13.7. The standard InChI is InChI=1S/C13H11ClFN3O/c1-7-5-8(16)6-17-12(7)18-13(19)9-3-2-4-10(14)11(9)15/h2-6H,16H2,1H3,(H,17,18,19). The molecule has 0 spiro atoms. The minimum absolute atomic E-state index is 0.102. The number of pyridine rings is 1. The van der Waals surface area contributed by atoms with Crippen molar-refractivity contribution in [2.24, 2.45) is 0 Å². The van der Waals surface area contributed by atoms with Crippen LogP contribution in [0.1, 0.15) is 15.9 Å². The molecule has 4 nitrogen and oxygen atoms in total. The van der Waals surface area contributed by atoms with Crippen LogP contribution in [0.15, 0.2) is 30.5 Å². The number of amides is 1. The van der Waals surface area contributed by atoms with E-state index in [1.54, 1.807) is 13.0 Å². The van der Waals surface area contributed by atoms with E-state index in [0.717, 1.165) is 0 Å². The van der Waals surface area contributed by atoms with E-state index in [-0.39, 0.29) is 10.6 Å². The van der Waals surface area contributed by atoms with Crippen LogP contribution < -0.4 is 11.1 Å². The molecule has 0 atom stereocenters. The topological polar surface area (TPSA) is 68.0 Å². The Hall–Kier alpha value is -2.14. The van der Waals surface area contributed by atoms with Crippen LogP contribution >= 0.6 is 11.6 Å². The van der Waals surface area contributed by atoms with Gasteiger partial charge < -0.3 is 11.1 Å². The minimum atomic E-state index is -0.755. The summed E-state index contributed by atoms with van der Waals surface area (Å²) < 4.78 is 13.7. The van der Waals surface area contributed by atoms with Crippen molar-refractivity contribution < 1.29 is 9.18 Å². The van der Waals surface area contributed by atoms with E-state index < -0.39 is 11.7 Å². The smallest absolute Gasteiger partial charge is 0.259 e. The molecule has 98 valence electrons. The van der Waals surface area contributed by atoms with Crippen LogP contribution in [0.3, 0.4) is 0 Å². The summed E-state index contributed by atoms with van der Waals surface area (Å²) in [6.07, 6.45) is 1.41. The molecule has 0 fully saturated rings. The maximum Gasteiger partial charge on any atom is 0.259 e. The van der Waals surface area contributed by atoms with Crippen LogP contribution in [0.2, 0.25) is 5.02 Å². The van der Waals surface area contributed by atoms with E-state index in [2.05, 4.69) is 10.3 Å². The summed E-state index contributed by atoms with van der Waals surface area (Å²) in [5, 5.41) is 2.42. The van der Waals surface area contributed by atoms with Crippen LogP contribution in [0.4, 0.5) is 15.9 Å². The highest BCUT2D eigenvalue weighted by Gasteiger charge is 2.15. The van der Waals surface area contributed by atoms with Gasteiger partial charge in [0.05, 0.1) is 22.5 Å². The zero-order chi connectivity index (χ0) is 14.0. The molecule has 3 N–H and O–H groups in total. The van der Waals surface area contributed by atoms with Crippen LogP contribution in [0.25, 0.3) is 0 Å². The zero-order valence-corrected chi connectivity index (χ0v) is 10.8. The van der Waals surface area contributed by atoms with Crippen LogP contribution in [-0.2, 0) is 0 Å². The molecular formula is C13H11ClFN3O. The lowest BCUT2D eigenvalue weighted by molar-refractivity contribution is 0.102. The van der Waals surface area contributed by atoms with Gasteiger partial charge in [0.2, 0.25) is 0 Å². The summed E-state index contributed by atoms with van der Waals surface area (Å²) in [5.41, 5.74) is 6.61. The van der Waals surface area contributed by atoms with Gasteiger partial charge in [-0.05, 0) is 30.7 Å². The number of hydrogen-bond acceptors (Lipinski definition) is 3. The first-order valence-electron chi connectivity index (χ1n) is 5.46. The third-order valence-corrected chi connectivity index (χ3v) is 2.82. The average Bonchev–Trinajstić information content (AvgIpc) is 2.36. The molecule has 2 rings (SSSR count). The molecule has 0 radical (unpaired) electrons. The van der Waals surface area contributed by atoms with Crippen LogP contribution in [0, 0.1) is 12.7 Å². The molecule has 0 saturated carbocycles. The normalized spacial score (nSPS) is 10.3. The molecule has 0 aliphatic carbocycles. The lowest BCUT2D eigenvalue weighted by Crippen LogP contribution is -2.15. The Morgan fingerprint density at radius 3 is 2.89 bits per heavy atom. The number of carbonyl (C=O) groups excluding carboxylic acids is 1. The molecule has 0 aliphatic heterocycles. The fourth-order valence-electron chi connectivity index (χ4n) is 1.58. The molecule has 6 heteroatoms. The van der Waals surface area contributed by atoms with E-state index >= 15 is 0 Å². The van der Waals surface area contributed by atoms with Crippen molar-refractivity contribution in [3.05, 3.63) is 52.4 Å². The molecule has 1 aromatic carbocycles. The number of carbonyl (C=O) groups is 1. The number of nitrogens with zero attached hydrogens (tertiary/aromatic N) is 1. The van der Waals surface area contributed by atoms with Crippen LogP contribution in [-0.4, -0.2) is 10.9 Å². The Morgan fingerprint density at radius 1 is 1.47 bits per heavy atom. The molecule has 1 heterocycles. The zero-order valence-electron chi connectivity index (χ0n) is 10.1. The van der Waals surface area contributed by atoms with Gasteiger partial charge >= 0.3 is 0 Å². The van der Waals surface area contributed by atoms with E-state index in [1.165, 1.54) is 24.4 Å². The Morgan fingerprint density at radius 2 is 2.21 bits per heavy atom. The van der Waals surface area contributed by atoms with Gasteiger partial charge in [-0.2, -0.15) is 0 Å². The summed E-state index contributed by atoms with van der Waals surface area (Å²) in [7, 11) is 0. The van der Waals surface area contributed by atoms with Crippen molar-refractivity contribution in [3.8, 4) is 0 Å². The van der Waals surface area contributed by atoms with Gasteiger partial charge in [-0.15, -0.1) is 0 Å². The van der Waals surface area contributed by atoms with Gasteiger partial charge in [-0.1, -0.05) is 17.7 Å². The lowest BCUT2D eigenvalue weighted by Gasteiger charge is -2.08. The van der Waals surface area contributed by atoms with E-state index in [1.807, 2.05) is 0 Å². The largest absolute Gasteiger partial charge is 0.397 e. The van der Waals surface area contributed by atoms with Crippen molar-refractivity contribution in [3.63, 3.8) is 0 Å². The highest BCUT2D eigenvalue weighted by Crippen LogP contribution is 2.20. The lowest BCUT2D eigenvalue weighted by atomic mass is 10.2. The first kappa shape index (κ1) is 13.3. The first-order chi connectivity index (χ1) is 8.99. The molecule has 0 aliphatic rings. The highest BCUT2D eigenvalue weighted by molar-refractivity contribution is 6.31. The molecule has 1 aromatic heterocycles. The summed E-state index contributed by atoms with van der Waals surface area (Å²) in [5.74, 6) is -1.03. The van der Waals surface area contributed by atoms with E-state index in [4.69, 9.17) is 17.3 Å². The number of anilines is 2. The third kappa shape index (κ3) is 2.82. The van der Waals surface area contributed by atoms with Gasteiger partial charge in [0.25, 0.3) is 5.91 Å². The summed E-state index contributed by atoms with van der Waals surface area (Å²) in [6, 6.07) is 5.89. The number of nitrogen functional groups attached to an aromatic ring is 1. The fourth-order valence-corrected chi connectivity index (χ4v) is 1.76. The summed E-state index contributed by atoms with van der Waals surface area (Å²) in [4.78, 5) is 15.9. The Labute approximate surface area is 114 Å². The number of rotatable bonds is 2. The van der Waals surface area contributed by atoms with Crippen molar-refractivity contribution in [2.75, 3.05) is 11.1 Å². The predicted octanol–water partition coefficient (Wildman–Crippen LogP) is 3.02. The minimum Gasteiger partial charge on any atom is -0.397 e. The molecule has 0 unspecified atom stereocenters. The number of aromatic nitrogens is 1. The second-order valence-electron chi connectivity index (χ2n) is 3.99. The van der Waals surface area contributed by atoms with E-state index in [9.17, 15) is 9.18 Å². The van der Waals surface area contributed by atoms with Gasteiger partial charge in [0.15, 0.2) is 5.82 Å². The number of nitrogens with two attached hydrogens (primary N) is 1. The highest BCUT2D eigenvalue weighted by atomic mass is 35.5. The summed E-state index contributed by atoms with van der Waals surface area (Å²) >= 11 is 5.63. The Kier molecular flexibility index (Phi) is 3.66. The molecule has 1 amide bonds. The number of nitrogens with one attached hydrogen (secondary N) is 1. The quantitative estimate of drug-likeness (QED) is 0.888. The van der Waals surface area contributed by atoms with Crippen molar-refractivity contribution in [1.29, 1.82) is 0 Å². The third-order valence-electron chi connectivity index (χ3n) is 2.53. The van der Waals surface area contributed by atoms with Crippen molar-refractivity contribution >= 4 is 29.0 Å². The summed E-state index contributed by atoms with van der Waals surface area (Å²) in [6.45, 7) is 1.74. The molecule has 19 heavy (non-hydrogen) atoms. The Bertz CT molecular complexity index is 646. The number of aryl methyl sites for hydroxylation is 1. The molecular weight excluding hydrogens is 269 g/mol. The van der Waals surface area contributed by atoms with Crippen molar-refractivity contribution in [1.82, 2.24) is 4.98 Å². The molecule has 2 aromatic rings. The average molecular weight is 280 g/mol. The fraction of sp³-hybridized carbons (Fsp3) is 0.0769. The number of hydrogen-bond donors (Lipinski definition) is 2. The second kappa shape index (κ2) is 5.24. The SMILES string of the molecule is Cc1cc(N)cnc1NC(=O)c1cccc(Cl)c1F.